The fraction of sp³-hybridized carbons (Fsp3) is 0.922. The van der Waals surface area contributed by atoms with Crippen LogP contribution in [0.2, 0.25) is 0 Å². The first kappa shape index (κ1) is 62.9. The summed E-state index contributed by atoms with van der Waals surface area (Å²) in [7, 11) is 6.24. The lowest BCUT2D eigenvalue weighted by atomic mass is 9.81. The minimum atomic E-state index is -3.19. The van der Waals surface area contributed by atoms with E-state index >= 15 is 0 Å². The van der Waals surface area contributed by atoms with Gasteiger partial charge in [-0.2, -0.15) is 0 Å². The number of carbonyl (C=O) groups is 5. The van der Waals surface area contributed by atoms with E-state index in [1.165, 1.54) is 161 Å². The highest BCUT2D eigenvalue weighted by Gasteiger charge is 2.41. The zero-order valence-electron chi connectivity index (χ0n) is 50.1. The van der Waals surface area contributed by atoms with Crippen LogP contribution in [0.1, 0.15) is 270 Å². The topological polar surface area (TPSA) is 148 Å². The predicted molar refractivity (Wildman–Crippen MR) is 314 cm³/mol. The lowest BCUT2D eigenvalue weighted by Crippen LogP contribution is -2.52. The molecule has 0 radical (unpaired) electrons. The third-order valence-corrected chi connectivity index (χ3v) is 23.6. The second-order valence-electron chi connectivity index (χ2n) is 26.6. The summed E-state index contributed by atoms with van der Waals surface area (Å²) in [5, 5.41) is -0.327. The molecule has 0 unspecified atom stereocenters. The van der Waals surface area contributed by atoms with Crippen LogP contribution in [0, 0.1) is 29.6 Å². The van der Waals surface area contributed by atoms with Gasteiger partial charge in [0.1, 0.15) is 0 Å². The highest BCUT2D eigenvalue weighted by molar-refractivity contribution is 7.90. The highest BCUT2D eigenvalue weighted by Crippen LogP contribution is 2.38. The molecule has 9 aliphatic carbocycles. The molecular weight excluding hydrogens is 997 g/mol. The summed E-state index contributed by atoms with van der Waals surface area (Å²) in [4.78, 5) is 75.6. The molecule has 9 saturated carbocycles. The smallest absolute Gasteiger partial charge is 0.226 e. The standard InChI is InChI=1S/C27H46N2O2.C22H38N2O2.C15H28N2O3S/c1-28(26(30)21-11-5-2-6-12-21)23-19-17-22(18-20-23)27(31)29(24-13-7-3-8-14-24)25-15-9-4-10-16-25;1-23(19-11-7-4-8-12-19)22(26)18-13-15-20(16-14-18)24(2)21(25)17-9-5-3-6-10-17;1-16-21(19,20)14-10-8-12(9-11-14)15(18)17(2)13-6-4-3-5-7-13/h21-25H,2-20H2,1H3;17-20H,3-16H2,1-2H3;12-14,16H,3-11H2,1-2H3. The predicted octanol–water partition coefficient (Wildman–Crippen LogP) is 12.3. The third kappa shape index (κ3) is 17.4. The first-order chi connectivity index (χ1) is 37.7. The van der Waals surface area contributed by atoms with Gasteiger partial charge in [-0.1, -0.05) is 116 Å². The molecular formula is C64H112N6O7S. The largest absolute Gasteiger partial charge is 0.343 e. The van der Waals surface area contributed by atoms with Gasteiger partial charge < -0.3 is 24.5 Å². The van der Waals surface area contributed by atoms with Crippen molar-refractivity contribution in [3.8, 4) is 0 Å². The number of carbonyl (C=O) groups excluding carboxylic acids is 5. The van der Waals surface area contributed by atoms with Crippen LogP contribution in [-0.4, -0.2) is 139 Å². The minimum absolute atomic E-state index is 0.0141. The highest BCUT2D eigenvalue weighted by atomic mass is 32.2. The summed E-state index contributed by atoms with van der Waals surface area (Å²) >= 11 is 0. The van der Waals surface area contributed by atoms with E-state index in [0.29, 0.717) is 85.6 Å². The molecule has 446 valence electrons. The quantitative estimate of drug-likeness (QED) is 0.193. The lowest BCUT2D eigenvalue weighted by molar-refractivity contribution is -0.145. The van der Waals surface area contributed by atoms with Crippen LogP contribution in [0.15, 0.2) is 0 Å². The Labute approximate surface area is 475 Å². The fourth-order valence-electron chi connectivity index (χ4n) is 16.3. The van der Waals surface area contributed by atoms with Crippen LogP contribution < -0.4 is 4.72 Å². The second-order valence-corrected chi connectivity index (χ2v) is 28.8. The molecule has 0 aromatic rings. The summed E-state index contributed by atoms with van der Waals surface area (Å²) in [6.07, 6.45) is 47.0. The van der Waals surface area contributed by atoms with E-state index in [-0.39, 0.29) is 40.7 Å². The molecule has 0 saturated heterocycles. The van der Waals surface area contributed by atoms with Gasteiger partial charge in [0.2, 0.25) is 39.6 Å². The number of nitrogens with one attached hydrogen (secondary N) is 1. The molecule has 0 aromatic carbocycles. The molecule has 78 heavy (non-hydrogen) atoms. The van der Waals surface area contributed by atoms with Crippen LogP contribution in [0.4, 0.5) is 0 Å². The van der Waals surface area contributed by atoms with Crippen LogP contribution in [0.3, 0.4) is 0 Å². The van der Waals surface area contributed by atoms with Crippen molar-refractivity contribution in [2.24, 2.45) is 29.6 Å². The van der Waals surface area contributed by atoms with Crippen molar-refractivity contribution >= 4 is 39.6 Å². The van der Waals surface area contributed by atoms with Crippen molar-refractivity contribution in [2.75, 3.05) is 35.2 Å². The van der Waals surface area contributed by atoms with E-state index in [4.69, 9.17) is 0 Å². The molecule has 0 heterocycles. The number of nitrogens with zero attached hydrogens (tertiary/aromatic N) is 5. The second kappa shape index (κ2) is 31.6. The van der Waals surface area contributed by atoms with Crippen molar-refractivity contribution in [1.82, 2.24) is 29.2 Å². The molecule has 0 bridgehead atoms. The maximum absolute atomic E-state index is 13.8. The van der Waals surface area contributed by atoms with Crippen molar-refractivity contribution in [3.05, 3.63) is 0 Å². The Hall–Kier alpha value is -2.74. The summed E-state index contributed by atoms with van der Waals surface area (Å²) in [5.74, 6) is 2.68. The molecule has 0 aromatic heterocycles. The van der Waals surface area contributed by atoms with Gasteiger partial charge in [0.05, 0.1) is 5.25 Å². The van der Waals surface area contributed by atoms with Crippen LogP contribution >= 0.6 is 0 Å². The maximum Gasteiger partial charge on any atom is 0.226 e. The molecule has 0 atom stereocenters. The number of sulfonamides is 1. The average Bonchev–Trinajstić information content (AvgIpc) is 3.53. The molecule has 1 N–H and O–H groups in total. The normalized spacial score (nSPS) is 28.8. The van der Waals surface area contributed by atoms with Gasteiger partial charge in [0.25, 0.3) is 0 Å². The van der Waals surface area contributed by atoms with Gasteiger partial charge in [0, 0.05) is 94.0 Å². The molecule has 9 rings (SSSR count). The molecule has 13 nitrogen and oxygen atoms in total. The summed E-state index contributed by atoms with van der Waals surface area (Å²) in [6, 6.07) is 2.54. The van der Waals surface area contributed by atoms with Crippen LogP contribution in [-0.2, 0) is 34.0 Å². The van der Waals surface area contributed by atoms with Gasteiger partial charge in [-0.15, -0.1) is 0 Å². The Morgan fingerprint density at radius 3 is 0.782 bits per heavy atom. The Bertz CT molecular complexity index is 1930. The SMILES string of the molecule is CN(C(=O)C1CCC(N(C)C(=O)C2CCCCC2)CC1)C1CCCCC1.CN(C(=O)C1CCCCC1)C1CCC(C(=O)N(C2CCCCC2)C2CCCCC2)CC1.CNS(=O)(=O)C1CCC(C(=O)N(C)C2CCCCC2)CC1. The zero-order valence-corrected chi connectivity index (χ0v) is 50.9. The van der Waals surface area contributed by atoms with E-state index in [2.05, 4.69) is 19.4 Å². The van der Waals surface area contributed by atoms with Gasteiger partial charge >= 0.3 is 0 Å². The number of hydrogen-bond donors (Lipinski definition) is 1. The number of hydrogen-bond acceptors (Lipinski definition) is 7. The summed E-state index contributed by atoms with van der Waals surface area (Å²) in [6.45, 7) is 0. The van der Waals surface area contributed by atoms with Gasteiger partial charge in [-0.25, -0.2) is 13.1 Å². The average molecular weight is 1110 g/mol. The Balaban J connectivity index is 0.000000173. The van der Waals surface area contributed by atoms with Crippen molar-refractivity contribution in [3.63, 3.8) is 0 Å². The van der Waals surface area contributed by atoms with E-state index in [9.17, 15) is 32.4 Å². The molecule has 0 aliphatic heterocycles. The number of rotatable bonds is 13. The van der Waals surface area contributed by atoms with Gasteiger partial charge in [0.15, 0.2) is 0 Å². The summed E-state index contributed by atoms with van der Waals surface area (Å²) < 4.78 is 26.0. The first-order valence-electron chi connectivity index (χ1n) is 33.0. The molecule has 0 spiro atoms. The van der Waals surface area contributed by atoms with Crippen molar-refractivity contribution in [1.29, 1.82) is 0 Å². The summed E-state index contributed by atoms with van der Waals surface area (Å²) in [5.41, 5.74) is 0. The Kier molecular flexibility index (Phi) is 25.5. The van der Waals surface area contributed by atoms with Crippen molar-refractivity contribution < 1.29 is 32.4 Å². The maximum atomic E-state index is 13.8. The van der Waals surface area contributed by atoms with E-state index in [1.54, 1.807) is 0 Å². The molecule has 9 fully saturated rings. The monoisotopic (exact) mass is 1110 g/mol. The Morgan fingerprint density at radius 1 is 0.282 bits per heavy atom. The van der Waals surface area contributed by atoms with Crippen LogP contribution in [0.5, 0.6) is 0 Å². The number of amides is 5. The van der Waals surface area contributed by atoms with E-state index in [1.807, 2.05) is 38.0 Å². The van der Waals surface area contributed by atoms with Crippen molar-refractivity contribution in [2.45, 2.75) is 311 Å². The fourth-order valence-corrected chi connectivity index (χ4v) is 17.5. The minimum Gasteiger partial charge on any atom is -0.343 e. The van der Waals surface area contributed by atoms with Gasteiger partial charge in [-0.05, 0) is 161 Å². The van der Waals surface area contributed by atoms with E-state index < -0.39 is 10.0 Å². The van der Waals surface area contributed by atoms with Gasteiger partial charge in [-0.3, -0.25) is 24.0 Å². The Morgan fingerprint density at radius 2 is 0.500 bits per heavy atom. The molecule has 9 aliphatic rings. The molecule has 5 amide bonds. The lowest BCUT2D eigenvalue weighted by Gasteiger charge is -2.44. The first-order valence-corrected chi connectivity index (χ1v) is 34.5. The van der Waals surface area contributed by atoms with Crippen LogP contribution in [0.25, 0.3) is 0 Å². The van der Waals surface area contributed by atoms with E-state index in [0.717, 1.165) is 89.9 Å². The zero-order chi connectivity index (χ0) is 55.6. The molecule has 14 heteroatoms. The third-order valence-electron chi connectivity index (χ3n) is 21.7.